The van der Waals surface area contributed by atoms with Crippen molar-refractivity contribution in [2.45, 2.75) is 45.1 Å². The van der Waals surface area contributed by atoms with Crippen molar-refractivity contribution >= 4 is 40.1 Å². The minimum absolute atomic E-state index is 0.125. The lowest BCUT2D eigenvalue weighted by atomic mass is 9.98. The molecular formula is C29H35N9O2. The number of amides is 1. The van der Waals surface area contributed by atoms with Crippen LogP contribution in [0.2, 0.25) is 0 Å². The fraction of sp³-hybridized carbons (Fsp3) is 0.414. The van der Waals surface area contributed by atoms with Gasteiger partial charge in [-0.3, -0.25) is 9.78 Å². The molecule has 2 aliphatic rings. The van der Waals surface area contributed by atoms with Gasteiger partial charge in [0, 0.05) is 63.3 Å². The van der Waals surface area contributed by atoms with Gasteiger partial charge >= 0.3 is 0 Å². The van der Waals surface area contributed by atoms with Crippen molar-refractivity contribution in [2.24, 2.45) is 0 Å². The number of ether oxygens (including phenoxy) is 1. The van der Waals surface area contributed by atoms with Crippen LogP contribution in [0.15, 0.2) is 42.9 Å². The van der Waals surface area contributed by atoms with Crippen LogP contribution in [0.1, 0.15) is 39.0 Å². The zero-order valence-corrected chi connectivity index (χ0v) is 23.0. The lowest BCUT2D eigenvalue weighted by molar-refractivity contribution is -0.129. The first-order chi connectivity index (χ1) is 19.6. The summed E-state index contributed by atoms with van der Waals surface area (Å²) in [5.74, 6) is 1.83. The number of anilines is 4. The zero-order valence-electron chi connectivity index (χ0n) is 23.0. The number of hydrogen-bond acceptors (Lipinski definition) is 9. The van der Waals surface area contributed by atoms with Crippen LogP contribution in [-0.2, 0) is 4.79 Å². The van der Waals surface area contributed by atoms with E-state index < -0.39 is 0 Å². The Morgan fingerprint density at radius 1 is 1.00 bits per heavy atom. The molecule has 0 bridgehead atoms. The van der Waals surface area contributed by atoms with Crippen molar-refractivity contribution in [1.29, 1.82) is 0 Å². The second-order valence-electron chi connectivity index (χ2n) is 10.4. The highest BCUT2D eigenvalue weighted by molar-refractivity contribution is 5.97. The van der Waals surface area contributed by atoms with E-state index in [0.717, 1.165) is 79.9 Å². The second kappa shape index (κ2) is 11.4. The molecule has 11 nitrogen and oxygen atoms in total. The number of nitrogens with zero attached hydrogens (tertiary/aromatic N) is 6. The number of carbonyl (C=O) groups excluding carboxylic acids is 1. The number of carbonyl (C=O) groups is 1. The van der Waals surface area contributed by atoms with E-state index in [9.17, 15) is 4.79 Å². The molecule has 40 heavy (non-hydrogen) atoms. The van der Waals surface area contributed by atoms with Crippen LogP contribution in [0.4, 0.5) is 23.1 Å². The normalized spacial score (nSPS) is 16.2. The summed E-state index contributed by atoms with van der Waals surface area (Å²) >= 11 is 0. The number of H-pyrrole nitrogens is 1. The fourth-order valence-corrected chi connectivity index (χ4v) is 5.46. The first-order valence-electron chi connectivity index (χ1n) is 14.0. The van der Waals surface area contributed by atoms with Gasteiger partial charge in [-0.2, -0.15) is 9.97 Å². The van der Waals surface area contributed by atoms with E-state index in [-0.39, 0.29) is 12.0 Å². The fourth-order valence-electron chi connectivity index (χ4n) is 5.46. The Morgan fingerprint density at radius 2 is 1.77 bits per heavy atom. The molecular weight excluding hydrogens is 506 g/mol. The molecule has 1 aromatic carbocycles. The standard InChI is InChI=1S/C29H35N9O2/c1-19(39)37-12-14-38(15-13-37)21-10-8-20(9-11-21)33-29-35-27-26(28(36-29)40-22-6-4-3-5-7-22)23(16-32-27)24-17-31-18-25(30-2)34-24/h8-11,16-18,22H,3-7,12-15H2,1-2H3,(H,30,34)(H2,32,33,35,36). The van der Waals surface area contributed by atoms with Gasteiger partial charge in [0.25, 0.3) is 0 Å². The Bertz CT molecular complexity index is 1470. The summed E-state index contributed by atoms with van der Waals surface area (Å²) in [5.41, 5.74) is 4.26. The molecule has 0 spiro atoms. The van der Waals surface area contributed by atoms with Crippen molar-refractivity contribution in [1.82, 2.24) is 29.8 Å². The van der Waals surface area contributed by atoms with Crippen molar-refractivity contribution in [3.63, 3.8) is 0 Å². The first kappa shape index (κ1) is 25.8. The van der Waals surface area contributed by atoms with Gasteiger partial charge in [0.15, 0.2) is 0 Å². The van der Waals surface area contributed by atoms with E-state index in [1.165, 1.54) is 6.42 Å². The smallest absolute Gasteiger partial charge is 0.232 e. The molecule has 1 amide bonds. The van der Waals surface area contributed by atoms with Crippen LogP contribution in [0.5, 0.6) is 5.88 Å². The summed E-state index contributed by atoms with van der Waals surface area (Å²) in [4.78, 5) is 37.8. The number of benzene rings is 1. The Hall–Kier alpha value is -4.41. The number of nitrogens with one attached hydrogen (secondary N) is 3. The van der Waals surface area contributed by atoms with Crippen molar-refractivity contribution in [3.8, 4) is 17.1 Å². The molecule has 208 valence electrons. The third-order valence-corrected chi connectivity index (χ3v) is 7.71. The Morgan fingerprint density at radius 3 is 2.50 bits per heavy atom. The van der Waals surface area contributed by atoms with Crippen LogP contribution in [0.25, 0.3) is 22.3 Å². The summed E-state index contributed by atoms with van der Waals surface area (Å²) in [6.07, 6.45) is 11.0. The second-order valence-corrected chi connectivity index (χ2v) is 10.4. The average Bonchev–Trinajstić information content (AvgIpc) is 3.43. The molecule has 2 fully saturated rings. The van der Waals surface area contributed by atoms with Crippen LogP contribution in [-0.4, -0.2) is 75.1 Å². The van der Waals surface area contributed by atoms with Gasteiger partial charge in [0.1, 0.15) is 17.6 Å². The van der Waals surface area contributed by atoms with Crippen LogP contribution in [0.3, 0.4) is 0 Å². The molecule has 3 aromatic heterocycles. The molecule has 4 aromatic rings. The Labute approximate surface area is 233 Å². The van der Waals surface area contributed by atoms with E-state index >= 15 is 0 Å². The first-order valence-corrected chi connectivity index (χ1v) is 14.0. The van der Waals surface area contributed by atoms with E-state index in [1.54, 1.807) is 19.3 Å². The highest BCUT2D eigenvalue weighted by Gasteiger charge is 2.23. The Balaban J connectivity index is 1.27. The predicted octanol–water partition coefficient (Wildman–Crippen LogP) is 4.58. The van der Waals surface area contributed by atoms with Crippen LogP contribution in [0, 0.1) is 0 Å². The van der Waals surface area contributed by atoms with Crippen molar-refractivity contribution in [3.05, 3.63) is 42.9 Å². The summed E-state index contributed by atoms with van der Waals surface area (Å²) in [5, 5.41) is 7.22. The molecule has 3 N–H and O–H groups in total. The summed E-state index contributed by atoms with van der Waals surface area (Å²) < 4.78 is 6.54. The third kappa shape index (κ3) is 5.49. The van der Waals surface area contributed by atoms with Crippen molar-refractivity contribution < 1.29 is 9.53 Å². The number of piperazine rings is 1. The van der Waals surface area contributed by atoms with Gasteiger partial charge in [-0.1, -0.05) is 6.42 Å². The van der Waals surface area contributed by atoms with Gasteiger partial charge in [0.2, 0.25) is 17.7 Å². The van der Waals surface area contributed by atoms with Crippen LogP contribution >= 0.6 is 0 Å². The largest absolute Gasteiger partial charge is 0.474 e. The van der Waals surface area contributed by atoms with Gasteiger partial charge in [0.05, 0.1) is 23.5 Å². The lowest BCUT2D eigenvalue weighted by Gasteiger charge is -2.35. The number of aromatic amines is 1. The number of aromatic nitrogens is 5. The highest BCUT2D eigenvalue weighted by atomic mass is 16.5. The maximum atomic E-state index is 11.6. The maximum absolute atomic E-state index is 11.6. The van der Waals surface area contributed by atoms with Gasteiger partial charge in [-0.15, -0.1) is 0 Å². The number of hydrogen-bond donors (Lipinski definition) is 3. The monoisotopic (exact) mass is 541 g/mol. The molecule has 0 radical (unpaired) electrons. The summed E-state index contributed by atoms with van der Waals surface area (Å²) in [6, 6.07) is 8.23. The van der Waals surface area contributed by atoms with Gasteiger partial charge < -0.3 is 30.2 Å². The molecule has 1 aliphatic heterocycles. The van der Waals surface area contributed by atoms with E-state index in [4.69, 9.17) is 14.7 Å². The molecule has 11 heteroatoms. The minimum atomic E-state index is 0.125. The number of fused-ring (bicyclic) bond motifs is 1. The zero-order chi connectivity index (χ0) is 27.5. The molecule has 0 unspecified atom stereocenters. The van der Waals surface area contributed by atoms with Gasteiger partial charge in [-0.25, -0.2) is 4.98 Å². The summed E-state index contributed by atoms with van der Waals surface area (Å²) in [7, 11) is 1.82. The third-order valence-electron chi connectivity index (χ3n) is 7.71. The average molecular weight is 542 g/mol. The van der Waals surface area contributed by atoms with Gasteiger partial charge in [-0.05, 0) is 49.9 Å². The molecule has 0 atom stereocenters. The van der Waals surface area contributed by atoms with Crippen LogP contribution < -0.4 is 20.3 Å². The van der Waals surface area contributed by atoms with Crippen molar-refractivity contribution in [2.75, 3.05) is 48.8 Å². The molecule has 1 saturated heterocycles. The maximum Gasteiger partial charge on any atom is 0.232 e. The Kier molecular flexibility index (Phi) is 7.35. The number of rotatable bonds is 7. The molecule has 4 heterocycles. The molecule has 1 saturated carbocycles. The lowest BCUT2D eigenvalue weighted by Crippen LogP contribution is -2.48. The predicted molar refractivity (Wildman–Crippen MR) is 156 cm³/mol. The summed E-state index contributed by atoms with van der Waals surface area (Å²) in [6.45, 7) is 4.77. The molecule has 1 aliphatic carbocycles. The van der Waals surface area contributed by atoms with E-state index in [1.807, 2.05) is 30.3 Å². The SMILES string of the molecule is CNc1cncc(-c2c[nH]c3nc(Nc4ccc(N5CCN(C(C)=O)CC5)cc4)nc(OC4CCCCC4)c23)n1. The minimum Gasteiger partial charge on any atom is -0.474 e. The van der Waals surface area contributed by atoms with E-state index in [0.29, 0.717) is 23.3 Å². The molecule has 6 rings (SSSR count). The van der Waals surface area contributed by atoms with E-state index in [2.05, 4.69) is 42.6 Å². The topological polar surface area (TPSA) is 124 Å². The quantitative estimate of drug-likeness (QED) is 0.308. The highest BCUT2D eigenvalue weighted by Crippen LogP contribution is 2.36.